The highest BCUT2D eigenvalue weighted by Crippen LogP contribution is 2.39. The second-order valence-corrected chi connectivity index (χ2v) is 8.71. The predicted molar refractivity (Wildman–Crippen MR) is 124 cm³/mol. The minimum atomic E-state index is -0.903. The zero-order valence-corrected chi connectivity index (χ0v) is 19.3. The number of alkyl halides is 1. The van der Waals surface area contributed by atoms with Crippen LogP contribution in [0.2, 0.25) is 0 Å². The molecule has 0 spiro atoms. The van der Waals surface area contributed by atoms with E-state index >= 15 is 4.39 Å². The SMILES string of the molecule is CN(Cc1c[n+](O)c(CF)c2cn[nH]c12)C(=O)c1ccc(-c2cccc(C#N)c2)c(OC2CC2)c1F. The van der Waals surface area contributed by atoms with Crippen LogP contribution in [0.5, 0.6) is 5.75 Å². The van der Waals surface area contributed by atoms with Crippen molar-refractivity contribution in [1.29, 1.82) is 5.26 Å². The molecule has 2 aromatic heterocycles. The van der Waals surface area contributed by atoms with Gasteiger partial charge in [0, 0.05) is 17.3 Å². The average molecular weight is 490 g/mol. The van der Waals surface area contributed by atoms with Gasteiger partial charge in [-0.15, -0.1) is 0 Å². The molecule has 36 heavy (non-hydrogen) atoms. The Morgan fingerprint density at radius 1 is 1.36 bits per heavy atom. The summed E-state index contributed by atoms with van der Waals surface area (Å²) in [5, 5.41) is 26.5. The number of pyridine rings is 1. The van der Waals surface area contributed by atoms with Gasteiger partial charge in [0.05, 0.1) is 52.5 Å². The van der Waals surface area contributed by atoms with Crippen LogP contribution >= 0.6 is 0 Å². The van der Waals surface area contributed by atoms with Crippen LogP contribution in [0.25, 0.3) is 22.0 Å². The number of benzene rings is 2. The molecule has 1 saturated carbocycles. The minimum Gasteiger partial charge on any atom is -0.487 e. The summed E-state index contributed by atoms with van der Waals surface area (Å²) in [6.45, 7) is -0.908. The van der Waals surface area contributed by atoms with Crippen LogP contribution in [0.1, 0.15) is 40.0 Å². The maximum absolute atomic E-state index is 15.8. The van der Waals surface area contributed by atoms with Crippen molar-refractivity contribution < 1.29 is 28.2 Å². The number of hydrogen-bond acceptors (Lipinski definition) is 5. The number of nitriles is 1. The van der Waals surface area contributed by atoms with E-state index < -0.39 is 18.4 Å². The molecule has 1 aliphatic carbocycles. The lowest BCUT2D eigenvalue weighted by Crippen LogP contribution is -2.36. The van der Waals surface area contributed by atoms with Gasteiger partial charge in [-0.05, 0) is 42.7 Å². The number of nitrogens with one attached hydrogen (secondary N) is 1. The highest BCUT2D eigenvalue weighted by atomic mass is 19.1. The number of nitrogens with zero attached hydrogens (tertiary/aromatic N) is 4. The van der Waals surface area contributed by atoms with Crippen LogP contribution in [0.3, 0.4) is 0 Å². The lowest BCUT2D eigenvalue weighted by Gasteiger charge is -2.20. The quantitative estimate of drug-likeness (QED) is 0.300. The molecule has 1 amide bonds. The van der Waals surface area contributed by atoms with Crippen molar-refractivity contribution in [2.45, 2.75) is 32.2 Å². The van der Waals surface area contributed by atoms with Crippen molar-refractivity contribution in [2.24, 2.45) is 0 Å². The van der Waals surface area contributed by atoms with Gasteiger partial charge in [-0.1, -0.05) is 12.1 Å². The number of H-pyrrole nitrogens is 1. The van der Waals surface area contributed by atoms with Gasteiger partial charge < -0.3 is 9.64 Å². The number of aromatic nitrogens is 3. The fourth-order valence-electron chi connectivity index (χ4n) is 4.12. The van der Waals surface area contributed by atoms with E-state index in [4.69, 9.17) is 4.74 Å². The van der Waals surface area contributed by atoms with Crippen LogP contribution < -0.4 is 9.47 Å². The summed E-state index contributed by atoms with van der Waals surface area (Å²) in [4.78, 5) is 14.6. The van der Waals surface area contributed by atoms with Crippen LogP contribution in [0.4, 0.5) is 8.78 Å². The topological polar surface area (TPSA) is 106 Å². The van der Waals surface area contributed by atoms with Crippen LogP contribution in [0, 0.1) is 17.1 Å². The molecule has 4 aromatic rings. The molecule has 0 bridgehead atoms. The molecular formula is C26H22F2N5O3+. The van der Waals surface area contributed by atoms with Crippen LogP contribution in [-0.2, 0) is 13.2 Å². The zero-order chi connectivity index (χ0) is 25.4. The third kappa shape index (κ3) is 4.20. The third-order valence-electron chi connectivity index (χ3n) is 6.15. The summed E-state index contributed by atoms with van der Waals surface area (Å²) in [5.74, 6) is -1.41. The molecule has 2 heterocycles. The molecule has 2 N–H and O–H groups in total. The van der Waals surface area contributed by atoms with E-state index in [2.05, 4.69) is 16.3 Å². The van der Waals surface area contributed by atoms with E-state index in [1.807, 2.05) is 0 Å². The van der Waals surface area contributed by atoms with E-state index in [9.17, 15) is 19.7 Å². The molecule has 0 unspecified atom stereocenters. The number of hydrogen-bond donors (Lipinski definition) is 2. The predicted octanol–water partition coefficient (Wildman–Crippen LogP) is 4.05. The Labute approximate surface area is 204 Å². The van der Waals surface area contributed by atoms with Gasteiger partial charge in [0.25, 0.3) is 11.6 Å². The Hall–Kier alpha value is -4.52. The van der Waals surface area contributed by atoms with Gasteiger partial charge in [-0.3, -0.25) is 15.1 Å². The van der Waals surface area contributed by atoms with Gasteiger partial charge in [0.1, 0.15) is 0 Å². The molecule has 8 nitrogen and oxygen atoms in total. The van der Waals surface area contributed by atoms with Crippen molar-refractivity contribution in [1.82, 2.24) is 15.1 Å². The van der Waals surface area contributed by atoms with Crippen LogP contribution in [-0.4, -0.2) is 39.4 Å². The van der Waals surface area contributed by atoms with E-state index in [1.54, 1.807) is 30.3 Å². The summed E-state index contributed by atoms with van der Waals surface area (Å²) < 4.78 is 35.7. The van der Waals surface area contributed by atoms with Gasteiger partial charge in [0.15, 0.2) is 18.2 Å². The number of aromatic amines is 1. The van der Waals surface area contributed by atoms with Gasteiger partial charge in [-0.2, -0.15) is 10.4 Å². The fourth-order valence-corrected chi connectivity index (χ4v) is 4.12. The molecular weight excluding hydrogens is 468 g/mol. The minimum absolute atomic E-state index is 0.00509. The molecule has 0 atom stereocenters. The number of halogens is 2. The van der Waals surface area contributed by atoms with Crippen molar-refractivity contribution in [3.63, 3.8) is 0 Å². The van der Waals surface area contributed by atoms with E-state index in [0.717, 1.165) is 12.8 Å². The Morgan fingerprint density at radius 2 is 2.17 bits per heavy atom. The van der Waals surface area contributed by atoms with E-state index in [1.165, 1.54) is 30.4 Å². The highest BCUT2D eigenvalue weighted by molar-refractivity contribution is 5.96. The fraction of sp³-hybridized carbons (Fsp3) is 0.231. The van der Waals surface area contributed by atoms with Crippen LogP contribution in [0.15, 0.2) is 48.8 Å². The summed E-state index contributed by atoms with van der Waals surface area (Å²) in [6.07, 6.45) is 4.16. The van der Waals surface area contributed by atoms with Crippen molar-refractivity contribution in [3.8, 4) is 22.9 Å². The van der Waals surface area contributed by atoms with Gasteiger partial charge in [0.2, 0.25) is 6.20 Å². The Kier molecular flexibility index (Phi) is 5.98. The third-order valence-corrected chi connectivity index (χ3v) is 6.15. The number of carbonyl (C=O) groups excluding carboxylic acids is 1. The number of amides is 1. The summed E-state index contributed by atoms with van der Waals surface area (Å²) in [6, 6.07) is 11.8. The number of fused-ring (bicyclic) bond motifs is 1. The highest BCUT2D eigenvalue weighted by Gasteiger charge is 2.30. The van der Waals surface area contributed by atoms with E-state index in [-0.39, 0.29) is 29.7 Å². The van der Waals surface area contributed by atoms with Crippen molar-refractivity contribution in [3.05, 3.63) is 77.0 Å². The lowest BCUT2D eigenvalue weighted by atomic mass is 9.99. The Balaban J connectivity index is 1.49. The summed E-state index contributed by atoms with van der Waals surface area (Å²) in [7, 11) is 1.50. The molecule has 1 aliphatic rings. The second kappa shape index (κ2) is 9.26. The number of rotatable bonds is 7. The Morgan fingerprint density at radius 3 is 2.89 bits per heavy atom. The Bertz CT molecular complexity index is 1520. The first-order valence-electron chi connectivity index (χ1n) is 11.3. The number of carbonyl (C=O) groups is 1. The maximum atomic E-state index is 15.8. The van der Waals surface area contributed by atoms with E-state index in [0.29, 0.717) is 37.9 Å². The largest absolute Gasteiger partial charge is 0.487 e. The van der Waals surface area contributed by atoms with Gasteiger partial charge in [-0.25, -0.2) is 8.78 Å². The molecule has 0 radical (unpaired) electrons. The first-order valence-corrected chi connectivity index (χ1v) is 11.3. The standard InChI is InChI=1S/C26H21F2N5O3/c1-32(13-17-14-33(35)22(10-27)21-12-30-31-24(17)21)26(34)20-8-7-19(16-4-2-3-15(9-16)11-29)25(23(20)28)36-18-5-6-18/h2-4,7-9,12,14,18,35H,5-6,10,13H2,1H3/p+1. The summed E-state index contributed by atoms with van der Waals surface area (Å²) >= 11 is 0. The molecule has 2 aromatic carbocycles. The molecule has 5 rings (SSSR count). The smallest absolute Gasteiger partial charge is 0.275 e. The lowest BCUT2D eigenvalue weighted by molar-refractivity contribution is -0.909. The first kappa shape index (κ1) is 23.2. The zero-order valence-electron chi connectivity index (χ0n) is 19.3. The molecule has 182 valence electrons. The molecule has 1 fully saturated rings. The maximum Gasteiger partial charge on any atom is 0.275 e. The van der Waals surface area contributed by atoms with Crippen molar-refractivity contribution >= 4 is 16.8 Å². The van der Waals surface area contributed by atoms with Gasteiger partial charge >= 0.3 is 0 Å². The average Bonchev–Trinajstić information content (AvgIpc) is 3.57. The normalized spacial score (nSPS) is 12.9. The summed E-state index contributed by atoms with van der Waals surface area (Å²) in [5.41, 5.74) is 2.29. The first-order chi connectivity index (χ1) is 17.4. The molecule has 10 heteroatoms. The number of ether oxygens (including phenoxy) is 1. The molecule has 0 aliphatic heterocycles. The monoisotopic (exact) mass is 490 g/mol. The second-order valence-electron chi connectivity index (χ2n) is 8.71. The van der Waals surface area contributed by atoms with Crippen molar-refractivity contribution in [2.75, 3.05) is 7.05 Å². The molecule has 0 saturated heterocycles.